The second-order valence-corrected chi connectivity index (χ2v) is 15.2. The Kier molecular flexibility index (Phi) is 7.54. The molecule has 0 spiro atoms. The topological polar surface area (TPSA) is 29.5 Å². The van der Waals surface area contributed by atoms with E-state index in [-0.39, 0.29) is 0 Å². The Hall–Kier alpha value is -7.88. The van der Waals surface area contributed by atoms with Crippen LogP contribution in [0.4, 0.5) is 17.1 Å². The number of hydrogen-bond donors (Lipinski definition) is 0. The summed E-state index contributed by atoms with van der Waals surface area (Å²) >= 11 is 0. The second-order valence-electron chi connectivity index (χ2n) is 15.2. The molecular weight excluding hydrogens is 719 g/mol. The van der Waals surface area contributed by atoms with Gasteiger partial charge in [-0.15, -0.1) is 0 Å². The van der Waals surface area contributed by atoms with Crippen molar-refractivity contribution in [3.05, 3.63) is 212 Å². The maximum absolute atomic E-state index is 6.83. The third-order valence-electron chi connectivity index (χ3n) is 11.8. The number of benzene rings is 10. The molecule has 59 heavy (non-hydrogen) atoms. The number of hydrogen-bond acceptors (Lipinski definition) is 3. The fourth-order valence-corrected chi connectivity index (χ4v) is 9.18. The van der Waals surface area contributed by atoms with Gasteiger partial charge in [-0.2, -0.15) is 0 Å². The van der Waals surface area contributed by atoms with Gasteiger partial charge < -0.3 is 13.7 Å². The van der Waals surface area contributed by atoms with E-state index in [1.165, 1.54) is 27.1 Å². The van der Waals surface area contributed by atoms with Crippen LogP contribution in [-0.4, -0.2) is 0 Å². The van der Waals surface area contributed by atoms with Gasteiger partial charge in [0.2, 0.25) is 0 Å². The van der Waals surface area contributed by atoms with E-state index in [1.807, 2.05) is 18.2 Å². The molecule has 3 nitrogen and oxygen atoms in total. The van der Waals surface area contributed by atoms with E-state index in [4.69, 9.17) is 8.83 Å². The van der Waals surface area contributed by atoms with Crippen molar-refractivity contribution in [2.45, 2.75) is 0 Å². The van der Waals surface area contributed by atoms with Crippen molar-refractivity contribution >= 4 is 82.5 Å². The first kappa shape index (κ1) is 33.3. The third kappa shape index (κ3) is 5.36. The minimum Gasteiger partial charge on any atom is -0.456 e. The van der Waals surface area contributed by atoms with Gasteiger partial charge in [-0.3, -0.25) is 0 Å². The summed E-state index contributed by atoms with van der Waals surface area (Å²) in [7, 11) is 0. The number of fused-ring (bicyclic) bond motifs is 9. The van der Waals surface area contributed by atoms with E-state index >= 15 is 0 Å². The smallest absolute Gasteiger partial charge is 0.159 e. The molecule has 0 saturated carbocycles. The van der Waals surface area contributed by atoms with Crippen LogP contribution >= 0.6 is 0 Å². The fourth-order valence-electron chi connectivity index (χ4n) is 9.18. The van der Waals surface area contributed by atoms with Gasteiger partial charge >= 0.3 is 0 Å². The molecule has 0 aliphatic rings. The summed E-state index contributed by atoms with van der Waals surface area (Å²) in [6.07, 6.45) is 0. The lowest BCUT2D eigenvalue weighted by Crippen LogP contribution is -2.12. The highest BCUT2D eigenvalue weighted by Crippen LogP contribution is 2.48. The molecule has 0 amide bonds. The highest BCUT2D eigenvalue weighted by Gasteiger charge is 2.24. The van der Waals surface area contributed by atoms with Gasteiger partial charge in [-0.1, -0.05) is 164 Å². The lowest BCUT2D eigenvalue weighted by molar-refractivity contribution is 0.668. The maximum atomic E-state index is 6.83. The van der Waals surface area contributed by atoms with Crippen molar-refractivity contribution < 1.29 is 8.83 Å². The number of para-hydroxylation sites is 3. The van der Waals surface area contributed by atoms with Crippen molar-refractivity contribution in [1.82, 2.24) is 0 Å². The Morgan fingerprint density at radius 2 is 0.932 bits per heavy atom. The van der Waals surface area contributed by atoms with Crippen LogP contribution in [0.3, 0.4) is 0 Å². The van der Waals surface area contributed by atoms with Crippen LogP contribution in [0.15, 0.2) is 221 Å². The summed E-state index contributed by atoms with van der Waals surface area (Å²) in [5.41, 5.74) is 13.3. The molecule has 3 heteroatoms. The van der Waals surface area contributed by atoms with E-state index in [0.29, 0.717) is 0 Å². The molecule has 2 aromatic heterocycles. The van der Waals surface area contributed by atoms with Gasteiger partial charge in [-0.25, -0.2) is 0 Å². The summed E-state index contributed by atoms with van der Waals surface area (Å²) in [6.45, 7) is 0. The first-order valence-corrected chi connectivity index (χ1v) is 20.1. The van der Waals surface area contributed by atoms with Crippen LogP contribution in [0.1, 0.15) is 0 Å². The summed E-state index contributed by atoms with van der Waals surface area (Å²) in [4.78, 5) is 2.40. The van der Waals surface area contributed by atoms with Gasteiger partial charge in [0.25, 0.3) is 0 Å². The molecule has 12 aromatic rings. The third-order valence-corrected chi connectivity index (χ3v) is 11.8. The van der Waals surface area contributed by atoms with Crippen molar-refractivity contribution in [1.29, 1.82) is 0 Å². The average molecular weight is 754 g/mol. The minimum atomic E-state index is 0.836. The van der Waals surface area contributed by atoms with Crippen molar-refractivity contribution in [3.63, 3.8) is 0 Å². The highest BCUT2D eigenvalue weighted by atomic mass is 16.3. The normalized spacial score (nSPS) is 11.7. The summed E-state index contributed by atoms with van der Waals surface area (Å²) in [5.74, 6) is 0. The Labute approximate surface area is 340 Å². The van der Waals surface area contributed by atoms with Crippen molar-refractivity contribution in [2.24, 2.45) is 0 Å². The minimum absolute atomic E-state index is 0.836. The molecule has 0 N–H and O–H groups in total. The zero-order chi connectivity index (χ0) is 38.9. The maximum Gasteiger partial charge on any atom is 0.159 e. The molecule has 0 bridgehead atoms. The van der Waals surface area contributed by atoms with Crippen LogP contribution in [0.25, 0.3) is 98.8 Å². The van der Waals surface area contributed by atoms with Gasteiger partial charge in [0, 0.05) is 32.8 Å². The highest BCUT2D eigenvalue weighted by molar-refractivity contribution is 6.16. The summed E-state index contributed by atoms with van der Waals surface area (Å²) in [5, 5.41) is 9.32. The Morgan fingerprint density at radius 3 is 1.80 bits per heavy atom. The van der Waals surface area contributed by atoms with E-state index in [0.717, 1.165) is 88.8 Å². The van der Waals surface area contributed by atoms with E-state index in [9.17, 15) is 0 Å². The summed E-state index contributed by atoms with van der Waals surface area (Å²) < 4.78 is 13.2. The molecule has 0 fully saturated rings. The lowest BCUT2D eigenvalue weighted by Gasteiger charge is -2.29. The first-order valence-electron chi connectivity index (χ1n) is 20.1. The Bertz CT molecular complexity index is 3580. The molecule has 0 unspecified atom stereocenters. The Balaban J connectivity index is 1.16. The van der Waals surface area contributed by atoms with Gasteiger partial charge in [0.1, 0.15) is 16.7 Å². The second kappa shape index (κ2) is 13.4. The molecule has 0 atom stereocenters. The van der Waals surface area contributed by atoms with Crippen LogP contribution in [0, 0.1) is 0 Å². The number of nitrogens with zero attached hydrogens (tertiary/aromatic N) is 1. The Morgan fingerprint density at radius 1 is 0.305 bits per heavy atom. The van der Waals surface area contributed by atoms with Gasteiger partial charge in [0.15, 0.2) is 5.58 Å². The predicted molar refractivity (Wildman–Crippen MR) is 247 cm³/mol. The van der Waals surface area contributed by atoms with Crippen molar-refractivity contribution in [2.75, 3.05) is 4.90 Å². The van der Waals surface area contributed by atoms with Crippen molar-refractivity contribution in [3.8, 4) is 33.4 Å². The molecule has 2 heterocycles. The van der Waals surface area contributed by atoms with Crippen LogP contribution < -0.4 is 4.90 Å². The predicted octanol–water partition coefficient (Wildman–Crippen LogP) is 16.3. The number of anilines is 3. The number of furan rings is 2. The molecule has 0 radical (unpaired) electrons. The standard InChI is InChI=1S/C56H35NO2/c1-2-15-36(16-3-1)42-32-31-39(49-34-38-17-4-5-20-41(38)44-21-6-7-22-45(44)49)35-51(42)57(50-27-13-26-47-46-23-8-10-28-52(46)59-56(47)50)40-19-12-18-37(33-40)43-25-14-30-54-55(43)48-24-9-11-29-53(48)58-54/h1-35H. The molecule has 276 valence electrons. The van der Waals surface area contributed by atoms with Crippen LogP contribution in [-0.2, 0) is 0 Å². The van der Waals surface area contributed by atoms with Gasteiger partial charge in [0.05, 0.1) is 11.4 Å². The van der Waals surface area contributed by atoms with Gasteiger partial charge in [-0.05, 0) is 97.9 Å². The zero-order valence-electron chi connectivity index (χ0n) is 32.0. The molecule has 0 saturated heterocycles. The van der Waals surface area contributed by atoms with E-state index in [1.54, 1.807) is 0 Å². The monoisotopic (exact) mass is 753 g/mol. The molecule has 10 aromatic carbocycles. The molecular formula is C56H35NO2. The van der Waals surface area contributed by atoms with E-state index < -0.39 is 0 Å². The quantitative estimate of drug-likeness (QED) is 0.158. The number of rotatable bonds is 6. The molecule has 0 aliphatic carbocycles. The fraction of sp³-hybridized carbons (Fsp3) is 0. The summed E-state index contributed by atoms with van der Waals surface area (Å²) in [6, 6.07) is 75.8. The zero-order valence-corrected chi connectivity index (χ0v) is 32.0. The van der Waals surface area contributed by atoms with Crippen LogP contribution in [0.5, 0.6) is 0 Å². The molecule has 12 rings (SSSR count). The largest absolute Gasteiger partial charge is 0.456 e. The van der Waals surface area contributed by atoms with Crippen LogP contribution in [0.2, 0.25) is 0 Å². The molecule has 0 aliphatic heterocycles. The lowest BCUT2D eigenvalue weighted by atomic mass is 9.91. The average Bonchev–Trinajstić information content (AvgIpc) is 3.89. The van der Waals surface area contributed by atoms with E-state index in [2.05, 4.69) is 199 Å². The SMILES string of the molecule is c1ccc(-c2ccc(-c3cc4ccccc4c4ccccc34)cc2N(c2cccc(-c3cccc4oc5ccccc5c34)c2)c2cccc3c2oc2ccccc23)cc1. The first-order chi connectivity index (χ1) is 29.3.